The zero-order valence-corrected chi connectivity index (χ0v) is 11.3. The number of hydrogen-bond acceptors (Lipinski definition) is 4. The van der Waals surface area contributed by atoms with E-state index in [0.717, 1.165) is 32.5 Å². The van der Waals surface area contributed by atoms with Crippen molar-refractivity contribution in [3.8, 4) is 0 Å². The van der Waals surface area contributed by atoms with E-state index in [-0.39, 0.29) is 11.8 Å². The predicted molar refractivity (Wildman–Crippen MR) is 70.7 cm³/mol. The normalized spacial score (nSPS) is 24.0. The van der Waals surface area contributed by atoms with Crippen LogP contribution in [0.25, 0.3) is 0 Å². The molecule has 0 aromatic heterocycles. The number of hydrogen-bond donors (Lipinski definition) is 2. The van der Waals surface area contributed by atoms with Crippen LogP contribution in [0.5, 0.6) is 0 Å². The Balaban J connectivity index is 1.62. The highest BCUT2D eigenvalue weighted by molar-refractivity contribution is 5.82. The highest BCUT2D eigenvalue weighted by Gasteiger charge is 2.22. The SMILES string of the molecule is O=C(NCCC(=O)N1CCCCC1)C1CNCCO1. The van der Waals surface area contributed by atoms with Gasteiger partial charge in [0.05, 0.1) is 6.61 Å². The monoisotopic (exact) mass is 269 g/mol. The Morgan fingerprint density at radius 1 is 1.26 bits per heavy atom. The minimum atomic E-state index is -0.418. The summed E-state index contributed by atoms with van der Waals surface area (Å²) in [5.41, 5.74) is 0. The molecule has 6 nitrogen and oxygen atoms in total. The van der Waals surface area contributed by atoms with Gasteiger partial charge in [0.1, 0.15) is 6.10 Å². The number of nitrogens with one attached hydrogen (secondary N) is 2. The Hall–Kier alpha value is -1.14. The molecule has 19 heavy (non-hydrogen) atoms. The van der Waals surface area contributed by atoms with E-state index in [1.54, 1.807) is 0 Å². The first-order chi connectivity index (χ1) is 9.27. The minimum absolute atomic E-state index is 0.126. The molecule has 1 unspecified atom stereocenters. The van der Waals surface area contributed by atoms with Gasteiger partial charge in [0.15, 0.2) is 0 Å². The van der Waals surface area contributed by atoms with Crippen molar-refractivity contribution in [3.63, 3.8) is 0 Å². The molecule has 1 atom stereocenters. The summed E-state index contributed by atoms with van der Waals surface area (Å²) in [6, 6.07) is 0. The molecule has 0 bridgehead atoms. The van der Waals surface area contributed by atoms with Gasteiger partial charge in [-0.3, -0.25) is 9.59 Å². The number of carbonyl (C=O) groups is 2. The highest BCUT2D eigenvalue weighted by atomic mass is 16.5. The molecule has 2 aliphatic rings. The fourth-order valence-electron chi connectivity index (χ4n) is 2.44. The molecule has 2 rings (SSSR count). The Bertz CT molecular complexity index is 280. The van der Waals surface area contributed by atoms with Gasteiger partial charge in [-0.2, -0.15) is 0 Å². The average Bonchev–Trinajstić information content (AvgIpc) is 2.49. The number of amides is 2. The second-order valence-electron chi connectivity index (χ2n) is 5.05. The van der Waals surface area contributed by atoms with Gasteiger partial charge in [-0.05, 0) is 19.3 Å². The molecule has 2 amide bonds. The lowest BCUT2D eigenvalue weighted by molar-refractivity contribution is -0.135. The third kappa shape index (κ3) is 4.47. The first kappa shape index (κ1) is 14.3. The van der Waals surface area contributed by atoms with Crippen LogP contribution < -0.4 is 10.6 Å². The molecule has 0 radical (unpaired) electrons. The maximum absolute atomic E-state index is 11.9. The van der Waals surface area contributed by atoms with E-state index in [9.17, 15) is 9.59 Å². The van der Waals surface area contributed by atoms with Gasteiger partial charge in [-0.25, -0.2) is 0 Å². The van der Waals surface area contributed by atoms with Crippen LogP contribution in [0, 0.1) is 0 Å². The Morgan fingerprint density at radius 3 is 2.74 bits per heavy atom. The number of piperidine rings is 1. The zero-order valence-electron chi connectivity index (χ0n) is 11.3. The topological polar surface area (TPSA) is 70.7 Å². The van der Waals surface area contributed by atoms with E-state index in [4.69, 9.17) is 4.74 Å². The standard InChI is InChI=1S/C13H23N3O3/c17-12(16-7-2-1-3-8-16)4-5-15-13(18)11-10-14-6-9-19-11/h11,14H,1-10H2,(H,15,18). The molecule has 0 saturated carbocycles. The van der Waals surface area contributed by atoms with E-state index >= 15 is 0 Å². The Labute approximate surface area is 113 Å². The van der Waals surface area contributed by atoms with E-state index in [1.165, 1.54) is 6.42 Å². The van der Waals surface area contributed by atoms with E-state index in [2.05, 4.69) is 10.6 Å². The van der Waals surface area contributed by atoms with Crippen molar-refractivity contribution in [1.29, 1.82) is 0 Å². The third-order valence-corrected chi connectivity index (χ3v) is 3.57. The summed E-state index contributed by atoms with van der Waals surface area (Å²) in [6.07, 6.45) is 3.37. The minimum Gasteiger partial charge on any atom is -0.366 e. The second-order valence-corrected chi connectivity index (χ2v) is 5.05. The smallest absolute Gasteiger partial charge is 0.250 e. The van der Waals surface area contributed by atoms with Gasteiger partial charge in [0.25, 0.3) is 0 Å². The molecule has 2 saturated heterocycles. The molecule has 2 N–H and O–H groups in total. The van der Waals surface area contributed by atoms with E-state index in [0.29, 0.717) is 26.1 Å². The van der Waals surface area contributed by atoms with Gasteiger partial charge in [0, 0.05) is 39.1 Å². The van der Waals surface area contributed by atoms with Crippen LogP contribution in [0.1, 0.15) is 25.7 Å². The molecule has 0 aromatic rings. The second kappa shape index (κ2) is 7.45. The molecule has 0 aromatic carbocycles. The zero-order chi connectivity index (χ0) is 13.5. The van der Waals surface area contributed by atoms with Gasteiger partial charge >= 0.3 is 0 Å². The maximum atomic E-state index is 11.9. The fourth-order valence-corrected chi connectivity index (χ4v) is 2.44. The van der Waals surface area contributed by atoms with Crippen molar-refractivity contribution in [1.82, 2.24) is 15.5 Å². The maximum Gasteiger partial charge on any atom is 0.250 e. The summed E-state index contributed by atoms with van der Waals surface area (Å²) in [7, 11) is 0. The van der Waals surface area contributed by atoms with Crippen LogP contribution in [0.4, 0.5) is 0 Å². The van der Waals surface area contributed by atoms with Crippen molar-refractivity contribution in [2.24, 2.45) is 0 Å². The quantitative estimate of drug-likeness (QED) is 0.721. The number of carbonyl (C=O) groups excluding carboxylic acids is 2. The van der Waals surface area contributed by atoms with Crippen molar-refractivity contribution in [3.05, 3.63) is 0 Å². The molecule has 2 fully saturated rings. The Kier molecular flexibility index (Phi) is 5.60. The average molecular weight is 269 g/mol. The summed E-state index contributed by atoms with van der Waals surface area (Å²) in [4.78, 5) is 25.5. The lowest BCUT2D eigenvalue weighted by atomic mass is 10.1. The van der Waals surface area contributed by atoms with Crippen molar-refractivity contribution in [2.45, 2.75) is 31.8 Å². The van der Waals surface area contributed by atoms with Crippen LogP contribution in [0.2, 0.25) is 0 Å². The van der Waals surface area contributed by atoms with Crippen LogP contribution in [0.3, 0.4) is 0 Å². The predicted octanol–water partition coefficient (Wildman–Crippen LogP) is -0.506. The van der Waals surface area contributed by atoms with Crippen LogP contribution in [0.15, 0.2) is 0 Å². The van der Waals surface area contributed by atoms with Gasteiger partial charge in [0.2, 0.25) is 11.8 Å². The first-order valence-electron chi connectivity index (χ1n) is 7.15. The van der Waals surface area contributed by atoms with Crippen molar-refractivity contribution < 1.29 is 14.3 Å². The molecule has 0 spiro atoms. The first-order valence-corrected chi connectivity index (χ1v) is 7.15. The molecule has 6 heteroatoms. The van der Waals surface area contributed by atoms with Crippen LogP contribution in [-0.4, -0.2) is 62.1 Å². The summed E-state index contributed by atoms with van der Waals surface area (Å²) in [5, 5.41) is 5.88. The van der Waals surface area contributed by atoms with Crippen LogP contribution >= 0.6 is 0 Å². The summed E-state index contributed by atoms with van der Waals surface area (Å²) < 4.78 is 5.34. The van der Waals surface area contributed by atoms with Gasteiger partial charge in [-0.15, -0.1) is 0 Å². The summed E-state index contributed by atoms with van der Waals surface area (Å²) in [6.45, 7) is 4.02. The highest BCUT2D eigenvalue weighted by Crippen LogP contribution is 2.09. The van der Waals surface area contributed by atoms with E-state index in [1.807, 2.05) is 4.90 Å². The summed E-state index contributed by atoms with van der Waals surface area (Å²) in [5.74, 6) is 0.0151. The fraction of sp³-hybridized carbons (Fsp3) is 0.846. The molecular formula is C13H23N3O3. The number of nitrogens with zero attached hydrogens (tertiary/aromatic N) is 1. The van der Waals surface area contributed by atoms with Gasteiger partial charge < -0.3 is 20.3 Å². The van der Waals surface area contributed by atoms with Gasteiger partial charge in [-0.1, -0.05) is 0 Å². The number of likely N-dealkylation sites (tertiary alicyclic amines) is 1. The molecular weight excluding hydrogens is 246 g/mol. The van der Waals surface area contributed by atoms with Crippen LogP contribution in [-0.2, 0) is 14.3 Å². The Morgan fingerprint density at radius 2 is 2.05 bits per heavy atom. The number of morpholine rings is 1. The van der Waals surface area contributed by atoms with E-state index < -0.39 is 6.10 Å². The molecule has 108 valence electrons. The molecule has 0 aliphatic carbocycles. The lowest BCUT2D eigenvalue weighted by Crippen LogP contribution is -2.48. The third-order valence-electron chi connectivity index (χ3n) is 3.57. The van der Waals surface area contributed by atoms with Crippen molar-refractivity contribution >= 4 is 11.8 Å². The molecule has 2 heterocycles. The number of rotatable bonds is 4. The summed E-state index contributed by atoms with van der Waals surface area (Å²) >= 11 is 0. The largest absolute Gasteiger partial charge is 0.366 e. The lowest BCUT2D eigenvalue weighted by Gasteiger charge is -2.27. The van der Waals surface area contributed by atoms with Crippen molar-refractivity contribution in [2.75, 3.05) is 39.3 Å². The molecule has 2 aliphatic heterocycles. The number of ether oxygens (including phenoxy) is 1.